The van der Waals surface area contributed by atoms with Crippen molar-refractivity contribution < 1.29 is 14.0 Å². The predicted octanol–water partition coefficient (Wildman–Crippen LogP) is 2.13. The standard InChI is InChI=1S/C14H9FN2O2/c1-14(15)6-17-10-9(16-13(14)17)7-4-2-3-5-8(7)11(18)12(10)19/h2-5H,6H2,1H3. The number of halogens is 1. The first-order valence-electron chi connectivity index (χ1n) is 5.99. The topological polar surface area (TPSA) is 52.0 Å². The number of hydrogen-bond donors (Lipinski definition) is 0. The van der Waals surface area contributed by atoms with Gasteiger partial charge >= 0.3 is 0 Å². The zero-order valence-electron chi connectivity index (χ0n) is 10.1. The van der Waals surface area contributed by atoms with E-state index in [1.165, 1.54) is 11.5 Å². The molecule has 1 aromatic carbocycles. The summed E-state index contributed by atoms with van der Waals surface area (Å²) in [5, 5.41) is 0. The van der Waals surface area contributed by atoms with Crippen LogP contribution in [0.2, 0.25) is 0 Å². The number of aromatic nitrogens is 2. The molecule has 94 valence electrons. The maximum atomic E-state index is 14.0. The summed E-state index contributed by atoms with van der Waals surface area (Å²) in [6.45, 7) is 1.50. The maximum Gasteiger partial charge on any atom is 0.252 e. The third-order valence-electron chi connectivity index (χ3n) is 3.74. The third-order valence-corrected chi connectivity index (χ3v) is 3.74. The van der Waals surface area contributed by atoms with Gasteiger partial charge in [-0.3, -0.25) is 9.59 Å². The number of imidazole rings is 1. The number of hydrogen-bond acceptors (Lipinski definition) is 3. The zero-order chi connectivity index (χ0) is 13.4. The van der Waals surface area contributed by atoms with Gasteiger partial charge in [0.1, 0.15) is 17.2 Å². The van der Waals surface area contributed by atoms with Crippen LogP contribution in [0.25, 0.3) is 11.3 Å². The van der Waals surface area contributed by atoms with Gasteiger partial charge in [0.2, 0.25) is 5.78 Å². The molecule has 1 aliphatic heterocycles. The molecule has 0 fully saturated rings. The number of ketones is 2. The Kier molecular flexibility index (Phi) is 1.67. The first kappa shape index (κ1) is 10.6. The second-order valence-corrected chi connectivity index (χ2v) is 5.12. The number of Topliss-reactive ketones (excluding diaryl/α,β-unsaturated/α-hetero) is 2. The van der Waals surface area contributed by atoms with Crippen LogP contribution in [0, 0.1) is 0 Å². The SMILES string of the molecule is CC1(F)Cn2c1nc1c2C(=O)C(=O)c2ccccc2-1. The predicted molar refractivity (Wildman–Crippen MR) is 64.8 cm³/mol. The highest BCUT2D eigenvalue weighted by molar-refractivity contribution is 6.52. The first-order valence-corrected chi connectivity index (χ1v) is 5.99. The highest BCUT2D eigenvalue weighted by atomic mass is 19.1. The summed E-state index contributed by atoms with van der Waals surface area (Å²) in [4.78, 5) is 28.4. The lowest BCUT2D eigenvalue weighted by Crippen LogP contribution is -2.40. The largest absolute Gasteiger partial charge is 0.318 e. The Morgan fingerprint density at radius 2 is 1.89 bits per heavy atom. The Balaban J connectivity index is 2.08. The molecular weight excluding hydrogens is 247 g/mol. The van der Waals surface area contributed by atoms with Crippen molar-refractivity contribution in [2.24, 2.45) is 0 Å². The number of benzene rings is 1. The molecule has 0 radical (unpaired) electrons. The van der Waals surface area contributed by atoms with E-state index in [1.807, 2.05) is 0 Å². The fourth-order valence-corrected chi connectivity index (χ4v) is 2.82. The molecule has 0 spiro atoms. The van der Waals surface area contributed by atoms with Crippen LogP contribution >= 0.6 is 0 Å². The van der Waals surface area contributed by atoms with Crippen LogP contribution in [-0.2, 0) is 12.2 Å². The highest BCUT2D eigenvalue weighted by Gasteiger charge is 2.48. The molecule has 0 amide bonds. The number of alkyl halides is 1. The third kappa shape index (κ3) is 1.10. The minimum Gasteiger partial charge on any atom is -0.318 e. The molecule has 1 aromatic heterocycles. The fourth-order valence-electron chi connectivity index (χ4n) is 2.82. The summed E-state index contributed by atoms with van der Waals surface area (Å²) in [5.74, 6) is -0.906. The Morgan fingerprint density at radius 3 is 2.58 bits per heavy atom. The molecule has 2 heterocycles. The van der Waals surface area contributed by atoms with Crippen molar-refractivity contribution in [1.29, 1.82) is 0 Å². The van der Waals surface area contributed by atoms with Crippen LogP contribution in [0.15, 0.2) is 24.3 Å². The van der Waals surface area contributed by atoms with Gasteiger partial charge in [0.25, 0.3) is 5.78 Å². The van der Waals surface area contributed by atoms with E-state index < -0.39 is 17.2 Å². The highest BCUT2D eigenvalue weighted by Crippen LogP contribution is 2.43. The van der Waals surface area contributed by atoms with Gasteiger partial charge in [0, 0.05) is 11.1 Å². The summed E-state index contributed by atoms with van der Waals surface area (Å²) >= 11 is 0. The van der Waals surface area contributed by atoms with E-state index in [0.29, 0.717) is 16.8 Å². The van der Waals surface area contributed by atoms with Gasteiger partial charge in [0.15, 0.2) is 5.67 Å². The zero-order valence-corrected chi connectivity index (χ0v) is 10.1. The molecule has 19 heavy (non-hydrogen) atoms. The second kappa shape index (κ2) is 2.99. The number of carbonyl (C=O) groups is 2. The van der Waals surface area contributed by atoms with Crippen molar-refractivity contribution in [3.8, 4) is 11.3 Å². The van der Waals surface area contributed by atoms with E-state index in [-0.39, 0.29) is 18.1 Å². The maximum absolute atomic E-state index is 14.0. The molecule has 0 bridgehead atoms. The van der Waals surface area contributed by atoms with E-state index >= 15 is 0 Å². The van der Waals surface area contributed by atoms with Gasteiger partial charge in [-0.25, -0.2) is 9.37 Å². The number of nitrogens with zero attached hydrogens (tertiary/aromatic N) is 2. The van der Waals surface area contributed by atoms with Gasteiger partial charge in [-0.05, 0) is 6.92 Å². The van der Waals surface area contributed by atoms with Crippen molar-refractivity contribution in [2.75, 3.05) is 0 Å². The van der Waals surface area contributed by atoms with Gasteiger partial charge < -0.3 is 4.57 Å². The van der Waals surface area contributed by atoms with E-state index in [4.69, 9.17) is 0 Å². The van der Waals surface area contributed by atoms with Crippen LogP contribution in [-0.4, -0.2) is 21.1 Å². The average Bonchev–Trinajstić information content (AvgIpc) is 2.72. The molecule has 5 heteroatoms. The molecule has 1 atom stereocenters. The van der Waals surface area contributed by atoms with Crippen molar-refractivity contribution >= 4 is 11.6 Å². The van der Waals surface area contributed by atoms with E-state index in [9.17, 15) is 14.0 Å². The lowest BCUT2D eigenvalue weighted by molar-refractivity contribution is 0.0741. The number of rotatable bonds is 0. The van der Waals surface area contributed by atoms with E-state index in [2.05, 4.69) is 4.98 Å². The Bertz CT molecular complexity index is 774. The van der Waals surface area contributed by atoms with E-state index in [0.717, 1.165) is 0 Å². The lowest BCUT2D eigenvalue weighted by Gasteiger charge is -2.32. The summed E-state index contributed by atoms with van der Waals surface area (Å²) in [5.41, 5.74) is 0.0964. The average molecular weight is 256 g/mol. The normalized spacial score (nSPS) is 23.5. The van der Waals surface area contributed by atoms with Crippen LogP contribution in [0.5, 0.6) is 0 Å². The minimum absolute atomic E-state index is 0.0753. The molecule has 0 N–H and O–H groups in total. The van der Waals surface area contributed by atoms with Gasteiger partial charge in [0.05, 0.1) is 6.54 Å². The molecule has 4 nitrogen and oxygen atoms in total. The smallest absolute Gasteiger partial charge is 0.252 e. The second-order valence-electron chi connectivity index (χ2n) is 5.12. The molecule has 4 rings (SSSR count). The summed E-state index contributed by atoms with van der Waals surface area (Å²) < 4.78 is 15.5. The molecule has 0 saturated carbocycles. The monoisotopic (exact) mass is 256 g/mol. The Morgan fingerprint density at radius 1 is 1.21 bits per heavy atom. The van der Waals surface area contributed by atoms with Crippen LogP contribution in [0.3, 0.4) is 0 Å². The molecule has 2 aliphatic rings. The van der Waals surface area contributed by atoms with Crippen molar-refractivity contribution in [3.05, 3.63) is 41.3 Å². The van der Waals surface area contributed by atoms with Crippen molar-refractivity contribution in [1.82, 2.24) is 9.55 Å². The van der Waals surface area contributed by atoms with Crippen molar-refractivity contribution in [3.63, 3.8) is 0 Å². The Labute approximate surface area is 107 Å². The molecule has 1 aliphatic carbocycles. The van der Waals surface area contributed by atoms with Crippen LogP contribution in [0.4, 0.5) is 4.39 Å². The Hall–Kier alpha value is -2.30. The van der Waals surface area contributed by atoms with Gasteiger partial charge in [-0.15, -0.1) is 0 Å². The molecule has 1 unspecified atom stereocenters. The number of carbonyl (C=O) groups excluding carboxylic acids is 2. The molecule has 2 aromatic rings. The minimum atomic E-state index is -1.52. The molecule has 0 saturated heterocycles. The van der Waals surface area contributed by atoms with Crippen molar-refractivity contribution in [2.45, 2.75) is 19.1 Å². The van der Waals surface area contributed by atoms with Gasteiger partial charge in [-0.1, -0.05) is 24.3 Å². The van der Waals surface area contributed by atoms with Gasteiger partial charge in [-0.2, -0.15) is 0 Å². The quantitative estimate of drug-likeness (QED) is 0.678. The summed E-state index contributed by atoms with van der Waals surface area (Å²) in [6.07, 6.45) is 0. The summed E-state index contributed by atoms with van der Waals surface area (Å²) in [7, 11) is 0. The fraction of sp³-hybridized carbons (Fsp3) is 0.214. The van der Waals surface area contributed by atoms with E-state index in [1.54, 1.807) is 24.3 Å². The van der Waals surface area contributed by atoms with Crippen LogP contribution < -0.4 is 0 Å². The lowest BCUT2D eigenvalue weighted by atomic mass is 9.90. The summed E-state index contributed by atoms with van der Waals surface area (Å²) in [6, 6.07) is 6.81. The number of fused-ring (bicyclic) bond motifs is 5. The van der Waals surface area contributed by atoms with Crippen LogP contribution in [0.1, 0.15) is 33.6 Å². The molecular formula is C14H9FN2O2. The first-order chi connectivity index (χ1) is 9.00.